The van der Waals surface area contributed by atoms with Crippen LogP contribution >= 0.6 is 0 Å². The third kappa shape index (κ3) is 2.33. The molecule has 9 heteroatoms. The Kier molecular flexibility index (Phi) is 3.09. The van der Waals surface area contributed by atoms with Gasteiger partial charge in [-0.3, -0.25) is 0 Å². The first-order valence-corrected chi connectivity index (χ1v) is 5.94. The molecule has 108 valence electrons. The van der Waals surface area contributed by atoms with Crippen molar-refractivity contribution < 1.29 is 18.7 Å². The fourth-order valence-electron chi connectivity index (χ4n) is 2.03. The summed E-state index contributed by atoms with van der Waals surface area (Å²) >= 11 is 0. The number of hydrogen-bond donors (Lipinski definition) is 2. The van der Waals surface area contributed by atoms with Crippen LogP contribution in [0.2, 0.25) is 0 Å². The van der Waals surface area contributed by atoms with Crippen LogP contribution in [-0.2, 0) is 6.54 Å². The average Bonchev–Trinajstić information content (AvgIpc) is 3.01. The van der Waals surface area contributed by atoms with Crippen molar-refractivity contribution in [2.45, 2.75) is 13.0 Å². The molecule has 3 rings (SSSR count). The number of halogens is 2. The molecule has 3 aromatic rings. The lowest BCUT2D eigenvalue weighted by molar-refractivity contribution is 0.0675. The number of imidazole rings is 1. The van der Waals surface area contributed by atoms with Crippen molar-refractivity contribution >= 4 is 17.0 Å². The summed E-state index contributed by atoms with van der Waals surface area (Å²) in [4.78, 5) is 18.0. The van der Waals surface area contributed by atoms with Crippen LogP contribution in [0.25, 0.3) is 11.0 Å². The van der Waals surface area contributed by atoms with Crippen molar-refractivity contribution in [3.8, 4) is 0 Å². The van der Waals surface area contributed by atoms with Gasteiger partial charge in [-0.2, -0.15) is 0 Å². The van der Waals surface area contributed by atoms with Crippen molar-refractivity contribution in [1.82, 2.24) is 25.0 Å². The minimum atomic E-state index is -2.99. The highest BCUT2D eigenvalue weighted by molar-refractivity contribution is 5.86. The lowest BCUT2D eigenvalue weighted by Crippen LogP contribution is -2.10. The Balaban J connectivity index is 1.99. The fraction of sp³-hybridized carbons (Fsp3) is 0.167. The number of para-hydroxylation sites is 2. The van der Waals surface area contributed by atoms with Gasteiger partial charge in [0, 0.05) is 0 Å². The van der Waals surface area contributed by atoms with E-state index < -0.39 is 23.8 Å². The summed E-state index contributed by atoms with van der Waals surface area (Å²) in [5.74, 6) is -1.15. The molecule has 0 amide bonds. The molecule has 0 bridgehead atoms. The molecular formula is C12H9F2N5O2. The summed E-state index contributed by atoms with van der Waals surface area (Å²) < 4.78 is 26.8. The first-order valence-electron chi connectivity index (χ1n) is 5.94. The summed E-state index contributed by atoms with van der Waals surface area (Å²) in [5.41, 5.74) is -0.0431. The Labute approximate surface area is 116 Å². The van der Waals surface area contributed by atoms with Crippen LogP contribution in [0, 0.1) is 0 Å². The van der Waals surface area contributed by atoms with E-state index in [-0.39, 0.29) is 6.54 Å². The number of H-pyrrole nitrogens is 1. The predicted octanol–water partition coefficient (Wildman–Crippen LogP) is 1.84. The van der Waals surface area contributed by atoms with Crippen LogP contribution < -0.4 is 0 Å². The predicted molar refractivity (Wildman–Crippen MR) is 67.1 cm³/mol. The SMILES string of the molecule is O=C(O)c1nnn(Cc2nc3ccccc3[nH]2)c1C(F)F. The zero-order chi connectivity index (χ0) is 15.0. The van der Waals surface area contributed by atoms with E-state index in [9.17, 15) is 13.6 Å². The molecule has 2 N–H and O–H groups in total. The molecular weight excluding hydrogens is 284 g/mol. The minimum absolute atomic E-state index is 0.116. The number of rotatable bonds is 4. The number of carbonyl (C=O) groups is 1. The molecule has 0 saturated carbocycles. The van der Waals surface area contributed by atoms with Crippen LogP contribution in [0.1, 0.15) is 28.4 Å². The van der Waals surface area contributed by atoms with Gasteiger partial charge in [0.05, 0.1) is 11.0 Å². The largest absolute Gasteiger partial charge is 0.476 e. The summed E-state index contributed by atoms with van der Waals surface area (Å²) in [6.07, 6.45) is -2.99. The number of hydrogen-bond acceptors (Lipinski definition) is 4. The van der Waals surface area contributed by atoms with E-state index in [1.54, 1.807) is 18.2 Å². The summed E-state index contributed by atoms with van der Waals surface area (Å²) in [7, 11) is 0. The minimum Gasteiger partial charge on any atom is -0.476 e. The quantitative estimate of drug-likeness (QED) is 0.765. The van der Waals surface area contributed by atoms with E-state index in [1.165, 1.54) is 0 Å². The molecule has 0 aliphatic heterocycles. The van der Waals surface area contributed by atoms with Gasteiger partial charge in [-0.15, -0.1) is 5.10 Å². The lowest BCUT2D eigenvalue weighted by atomic mass is 10.3. The van der Waals surface area contributed by atoms with Gasteiger partial charge in [0.25, 0.3) is 6.43 Å². The molecule has 2 heterocycles. The number of carboxylic acids is 1. The standard InChI is InChI=1S/C12H9F2N5O2/c13-11(14)10-9(12(20)21)17-18-19(10)5-8-15-6-3-1-2-4-7(6)16-8/h1-4,11H,5H2,(H,15,16)(H,20,21). The van der Waals surface area contributed by atoms with E-state index >= 15 is 0 Å². The van der Waals surface area contributed by atoms with E-state index in [4.69, 9.17) is 5.11 Å². The molecule has 0 saturated heterocycles. The van der Waals surface area contributed by atoms with Crippen LogP contribution in [0.3, 0.4) is 0 Å². The molecule has 0 aliphatic carbocycles. The van der Waals surface area contributed by atoms with Crippen LogP contribution in [-0.4, -0.2) is 36.0 Å². The Hall–Kier alpha value is -2.84. The summed E-state index contributed by atoms with van der Waals surface area (Å²) in [5, 5.41) is 15.6. The third-order valence-electron chi connectivity index (χ3n) is 2.92. The van der Waals surface area contributed by atoms with Gasteiger partial charge in [-0.1, -0.05) is 17.3 Å². The van der Waals surface area contributed by atoms with Gasteiger partial charge in [0.15, 0.2) is 5.69 Å². The first-order chi connectivity index (χ1) is 10.1. The Morgan fingerprint density at radius 2 is 2.14 bits per heavy atom. The number of nitrogens with one attached hydrogen (secondary N) is 1. The number of alkyl halides is 2. The van der Waals surface area contributed by atoms with Crippen molar-refractivity contribution in [3.63, 3.8) is 0 Å². The number of nitrogens with zero attached hydrogens (tertiary/aromatic N) is 4. The normalized spacial score (nSPS) is 11.4. The van der Waals surface area contributed by atoms with Gasteiger partial charge >= 0.3 is 5.97 Å². The first kappa shape index (κ1) is 13.2. The van der Waals surface area contributed by atoms with E-state index in [0.717, 1.165) is 10.2 Å². The smallest absolute Gasteiger partial charge is 0.358 e. The maximum Gasteiger partial charge on any atom is 0.358 e. The number of fused-ring (bicyclic) bond motifs is 1. The van der Waals surface area contributed by atoms with Gasteiger partial charge in [-0.25, -0.2) is 23.2 Å². The highest BCUT2D eigenvalue weighted by Gasteiger charge is 2.26. The molecule has 1 aromatic carbocycles. The molecule has 7 nitrogen and oxygen atoms in total. The Bertz CT molecular complexity index is 778. The number of aromatic amines is 1. The van der Waals surface area contributed by atoms with E-state index in [0.29, 0.717) is 11.3 Å². The lowest BCUT2D eigenvalue weighted by Gasteiger charge is -2.03. The zero-order valence-electron chi connectivity index (χ0n) is 10.5. The van der Waals surface area contributed by atoms with Gasteiger partial charge in [-0.05, 0) is 12.1 Å². The maximum atomic E-state index is 13.0. The molecule has 0 unspecified atom stereocenters. The zero-order valence-corrected chi connectivity index (χ0v) is 10.5. The average molecular weight is 293 g/mol. The van der Waals surface area contributed by atoms with Crippen LogP contribution in [0.15, 0.2) is 24.3 Å². The molecule has 0 aliphatic rings. The van der Waals surface area contributed by atoms with Crippen molar-refractivity contribution in [2.24, 2.45) is 0 Å². The van der Waals surface area contributed by atoms with E-state index in [2.05, 4.69) is 20.3 Å². The molecule has 21 heavy (non-hydrogen) atoms. The van der Waals surface area contributed by atoms with Crippen molar-refractivity contribution in [2.75, 3.05) is 0 Å². The van der Waals surface area contributed by atoms with Gasteiger partial charge in [0.1, 0.15) is 18.1 Å². The summed E-state index contributed by atoms with van der Waals surface area (Å²) in [6.45, 7) is -0.116. The fourth-order valence-corrected chi connectivity index (χ4v) is 2.03. The second-order valence-corrected chi connectivity index (χ2v) is 4.29. The van der Waals surface area contributed by atoms with Gasteiger partial charge in [0.2, 0.25) is 0 Å². The number of benzene rings is 1. The molecule has 2 aromatic heterocycles. The van der Waals surface area contributed by atoms with Crippen molar-refractivity contribution in [1.29, 1.82) is 0 Å². The van der Waals surface area contributed by atoms with Gasteiger partial charge < -0.3 is 10.1 Å². The third-order valence-corrected chi connectivity index (χ3v) is 2.92. The maximum absolute atomic E-state index is 13.0. The number of aromatic carboxylic acids is 1. The molecule has 0 atom stereocenters. The van der Waals surface area contributed by atoms with E-state index in [1.807, 2.05) is 6.07 Å². The highest BCUT2D eigenvalue weighted by Crippen LogP contribution is 2.22. The molecule has 0 fully saturated rings. The highest BCUT2D eigenvalue weighted by atomic mass is 19.3. The second-order valence-electron chi connectivity index (χ2n) is 4.29. The Morgan fingerprint density at radius 1 is 1.38 bits per heavy atom. The number of carboxylic acid groups (broad SMARTS) is 1. The topological polar surface area (TPSA) is 96.7 Å². The monoisotopic (exact) mass is 293 g/mol. The number of aromatic nitrogens is 5. The van der Waals surface area contributed by atoms with Crippen LogP contribution in [0.5, 0.6) is 0 Å². The molecule has 0 radical (unpaired) electrons. The molecule has 0 spiro atoms. The summed E-state index contributed by atoms with van der Waals surface area (Å²) in [6, 6.07) is 7.18. The van der Waals surface area contributed by atoms with Crippen molar-refractivity contribution in [3.05, 3.63) is 41.5 Å². The second kappa shape index (κ2) is 4.93. The van der Waals surface area contributed by atoms with Crippen LogP contribution in [0.4, 0.5) is 8.78 Å². The Morgan fingerprint density at radius 3 is 2.81 bits per heavy atom.